The van der Waals surface area contributed by atoms with Gasteiger partial charge in [-0.25, -0.2) is 0 Å². The standard InChI is InChI=1S/C23H26N2O/c1-3-20-9-4-5-10-22(20)24-12-11-21(17-24)23-25(13-14-26-23)16-19-8-6-7-18(2)15-19/h4-12,15,17,23H,3,13-14,16H2,1-2H3/t23-/m1/s1. The van der Waals surface area contributed by atoms with Gasteiger partial charge in [0.1, 0.15) is 6.23 Å². The number of aromatic nitrogens is 1. The molecule has 1 aliphatic rings. The summed E-state index contributed by atoms with van der Waals surface area (Å²) in [5.41, 5.74) is 6.49. The third-order valence-electron chi connectivity index (χ3n) is 5.11. The fourth-order valence-electron chi connectivity index (χ4n) is 3.79. The van der Waals surface area contributed by atoms with Crippen LogP contribution in [0.5, 0.6) is 0 Å². The van der Waals surface area contributed by atoms with Crippen LogP contribution in [-0.4, -0.2) is 22.6 Å². The highest BCUT2D eigenvalue weighted by molar-refractivity contribution is 5.42. The molecule has 134 valence electrons. The molecule has 3 aromatic rings. The fraction of sp³-hybridized carbons (Fsp3) is 0.304. The molecule has 2 aromatic carbocycles. The van der Waals surface area contributed by atoms with Gasteiger partial charge in [-0.2, -0.15) is 0 Å². The van der Waals surface area contributed by atoms with Crippen molar-refractivity contribution in [3.63, 3.8) is 0 Å². The molecular formula is C23H26N2O. The van der Waals surface area contributed by atoms with Crippen LogP contribution in [0.2, 0.25) is 0 Å². The predicted molar refractivity (Wildman–Crippen MR) is 105 cm³/mol. The number of hydrogen-bond acceptors (Lipinski definition) is 2. The molecule has 1 fully saturated rings. The first-order valence-electron chi connectivity index (χ1n) is 9.42. The van der Waals surface area contributed by atoms with Gasteiger partial charge in [0.25, 0.3) is 0 Å². The van der Waals surface area contributed by atoms with Crippen molar-refractivity contribution in [3.8, 4) is 5.69 Å². The van der Waals surface area contributed by atoms with Crippen molar-refractivity contribution in [1.82, 2.24) is 9.47 Å². The van der Waals surface area contributed by atoms with Gasteiger partial charge in [-0.3, -0.25) is 4.90 Å². The molecule has 0 N–H and O–H groups in total. The van der Waals surface area contributed by atoms with Gasteiger partial charge in [-0.15, -0.1) is 0 Å². The molecule has 0 radical (unpaired) electrons. The number of rotatable bonds is 5. The monoisotopic (exact) mass is 346 g/mol. The van der Waals surface area contributed by atoms with E-state index < -0.39 is 0 Å². The Morgan fingerprint density at radius 3 is 2.81 bits per heavy atom. The second kappa shape index (κ2) is 7.48. The van der Waals surface area contributed by atoms with Crippen LogP contribution in [0, 0.1) is 6.92 Å². The van der Waals surface area contributed by atoms with Gasteiger partial charge in [0.15, 0.2) is 0 Å². The van der Waals surface area contributed by atoms with Gasteiger partial charge in [0, 0.05) is 36.7 Å². The van der Waals surface area contributed by atoms with E-state index >= 15 is 0 Å². The highest BCUT2D eigenvalue weighted by Crippen LogP contribution is 2.30. The highest BCUT2D eigenvalue weighted by atomic mass is 16.5. The van der Waals surface area contributed by atoms with E-state index in [0.717, 1.165) is 26.1 Å². The SMILES string of the molecule is CCc1ccccc1-n1ccc([C@H]2OCCN2Cc2cccc(C)c2)c1. The minimum absolute atomic E-state index is 0.0329. The van der Waals surface area contributed by atoms with E-state index in [1.165, 1.54) is 27.9 Å². The Morgan fingerprint density at radius 2 is 1.96 bits per heavy atom. The zero-order valence-corrected chi connectivity index (χ0v) is 15.6. The average Bonchev–Trinajstić information content (AvgIpc) is 3.31. The molecule has 2 heterocycles. The smallest absolute Gasteiger partial charge is 0.138 e. The fourth-order valence-corrected chi connectivity index (χ4v) is 3.79. The topological polar surface area (TPSA) is 17.4 Å². The summed E-state index contributed by atoms with van der Waals surface area (Å²) in [6.45, 7) is 7.02. The van der Waals surface area contributed by atoms with E-state index in [2.05, 4.69) is 90.3 Å². The van der Waals surface area contributed by atoms with E-state index in [1.54, 1.807) is 0 Å². The molecule has 0 amide bonds. The lowest BCUT2D eigenvalue weighted by Crippen LogP contribution is -2.23. The third-order valence-corrected chi connectivity index (χ3v) is 5.11. The summed E-state index contributed by atoms with van der Waals surface area (Å²) in [5.74, 6) is 0. The molecular weight excluding hydrogens is 320 g/mol. The highest BCUT2D eigenvalue weighted by Gasteiger charge is 2.27. The van der Waals surface area contributed by atoms with Crippen molar-refractivity contribution in [1.29, 1.82) is 0 Å². The molecule has 1 aliphatic heterocycles. The van der Waals surface area contributed by atoms with E-state index in [1.807, 2.05) is 0 Å². The summed E-state index contributed by atoms with van der Waals surface area (Å²) in [6.07, 6.45) is 5.43. The quantitative estimate of drug-likeness (QED) is 0.655. The van der Waals surface area contributed by atoms with E-state index in [-0.39, 0.29) is 6.23 Å². The van der Waals surface area contributed by atoms with Gasteiger partial charge in [0.2, 0.25) is 0 Å². The van der Waals surface area contributed by atoms with Crippen LogP contribution in [-0.2, 0) is 17.7 Å². The maximum atomic E-state index is 6.07. The lowest BCUT2D eigenvalue weighted by Gasteiger charge is -2.22. The average molecular weight is 346 g/mol. The van der Waals surface area contributed by atoms with Gasteiger partial charge in [0.05, 0.1) is 6.61 Å². The summed E-state index contributed by atoms with van der Waals surface area (Å²) in [6, 6.07) is 19.5. The van der Waals surface area contributed by atoms with Crippen molar-refractivity contribution in [3.05, 3.63) is 89.2 Å². The Kier molecular flexibility index (Phi) is 4.91. The van der Waals surface area contributed by atoms with Crippen LogP contribution in [0.1, 0.15) is 35.4 Å². The molecule has 0 bridgehead atoms. The van der Waals surface area contributed by atoms with Gasteiger partial charge >= 0.3 is 0 Å². The summed E-state index contributed by atoms with van der Waals surface area (Å²) in [7, 11) is 0. The first kappa shape index (κ1) is 17.1. The minimum Gasteiger partial charge on any atom is -0.357 e. The maximum absolute atomic E-state index is 6.07. The van der Waals surface area contributed by atoms with Gasteiger partial charge < -0.3 is 9.30 Å². The van der Waals surface area contributed by atoms with Crippen molar-refractivity contribution in [2.75, 3.05) is 13.2 Å². The molecule has 26 heavy (non-hydrogen) atoms. The Balaban J connectivity index is 1.56. The van der Waals surface area contributed by atoms with Crippen LogP contribution in [0.3, 0.4) is 0 Å². The Labute approximate surface area is 155 Å². The molecule has 0 saturated carbocycles. The van der Waals surface area contributed by atoms with Crippen LogP contribution in [0.25, 0.3) is 5.69 Å². The molecule has 0 aliphatic carbocycles. The number of nitrogens with zero attached hydrogens (tertiary/aromatic N) is 2. The molecule has 3 nitrogen and oxygen atoms in total. The van der Waals surface area contributed by atoms with Gasteiger partial charge in [-0.05, 0) is 36.6 Å². The minimum atomic E-state index is 0.0329. The number of benzene rings is 2. The van der Waals surface area contributed by atoms with E-state index in [9.17, 15) is 0 Å². The van der Waals surface area contributed by atoms with Crippen molar-refractivity contribution in [2.45, 2.75) is 33.0 Å². The normalized spacial score (nSPS) is 17.7. The van der Waals surface area contributed by atoms with Crippen LogP contribution in [0.4, 0.5) is 0 Å². The second-order valence-electron chi connectivity index (χ2n) is 7.02. The zero-order chi connectivity index (χ0) is 17.9. The summed E-state index contributed by atoms with van der Waals surface area (Å²) in [5, 5.41) is 0. The van der Waals surface area contributed by atoms with Crippen LogP contribution in [0.15, 0.2) is 67.0 Å². The predicted octanol–water partition coefficient (Wildman–Crippen LogP) is 4.88. The number of para-hydroxylation sites is 1. The molecule has 0 spiro atoms. The first-order valence-corrected chi connectivity index (χ1v) is 9.42. The first-order chi connectivity index (χ1) is 12.7. The Morgan fingerprint density at radius 1 is 1.08 bits per heavy atom. The second-order valence-corrected chi connectivity index (χ2v) is 7.02. The van der Waals surface area contributed by atoms with Crippen molar-refractivity contribution >= 4 is 0 Å². The van der Waals surface area contributed by atoms with Crippen LogP contribution >= 0.6 is 0 Å². The van der Waals surface area contributed by atoms with Crippen molar-refractivity contribution < 1.29 is 4.74 Å². The lowest BCUT2D eigenvalue weighted by molar-refractivity contribution is 0.0288. The largest absolute Gasteiger partial charge is 0.357 e. The van der Waals surface area contributed by atoms with Gasteiger partial charge in [-0.1, -0.05) is 55.0 Å². The summed E-state index contributed by atoms with van der Waals surface area (Å²) >= 11 is 0. The van der Waals surface area contributed by atoms with Crippen molar-refractivity contribution in [2.24, 2.45) is 0 Å². The lowest BCUT2D eigenvalue weighted by atomic mass is 10.1. The number of hydrogen-bond donors (Lipinski definition) is 0. The molecule has 3 heteroatoms. The maximum Gasteiger partial charge on any atom is 0.138 e. The summed E-state index contributed by atoms with van der Waals surface area (Å²) in [4.78, 5) is 2.42. The van der Waals surface area contributed by atoms with E-state index in [4.69, 9.17) is 4.74 Å². The molecule has 4 rings (SSSR count). The number of ether oxygens (including phenoxy) is 1. The molecule has 0 unspecified atom stereocenters. The van der Waals surface area contributed by atoms with Crippen LogP contribution < -0.4 is 0 Å². The molecule has 1 saturated heterocycles. The Bertz CT molecular complexity index is 883. The zero-order valence-electron chi connectivity index (χ0n) is 15.6. The third kappa shape index (κ3) is 3.46. The molecule has 1 aromatic heterocycles. The van der Waals surface area contributed by atoms with E-state index in [0.29, 0.717) is 0 Å². The molecule has 1 atom stereocenters. The number of aryl methyl sites for hydroxylation is 2. The summed E-state index contributed by atoms with van der Waals surface area (Å²) < 4.78 is 8.30. The Hall–Kier alpha value is -2.36.